The molecule has 0 aromatic carbocycles. The Morgan fingerprint density at radius 3 is 0.800 bits per heavy atom. The normalized spacial score (nSPS) is 8.00. The first kappa shape index (κ1) is 25.3. The first-order valence-electron chi connectivity index (χ1n) is 4.48. The van der Waals surface area contributed by atoms with Crippen LogP contribution in [0.5, 0.6) is 0 Å². The topological polar surface area (TPSA) is 3.24 Å². The van der Waals surface area contributed by atoms with Gasteiger partial charge in [-0.05, 0) is 66.2 Å². The van der Waals surface area contributed by atoms with Gasteiger partial charge in [0, 0.05) is 0 Å². The highest BCUT2D eigenvalue weighted by Gasteiger charge is 1.65. The summed E-state index contributed by atoms with van der Waals surface area (Å²) in [5, 5.41) is 0. The standard InChI is InChI=1S/C3H9N.C3H9P.C2H6S2.C2H6S/c2*1-4(2)3;1-3-4-2;1-3-2/h2*1-3H3;1-2H3;1-2H3. The van der Waals surface area contributed by atoms with E-state index in [4.69, 9.17) is 0 Å². The van der Waals surface area contributed by atoms with Gasteiger partial charge in [0.15, 0.2) is 0 Å². The van der Waals surface area contributed by atoms with Crippen molar-refractivity contribution in [1.29, 1.82) is 0 Å². The lowest BCUT2D eigenvalue weighted by Gasteiger charge is -1.90. The average Bonchev–Trinajstić information content (AvgIpc) is 2.03. The van der Waals surface area contributed by atoms with Gasteiger partial charge < -0.3 is 4.90 Å². The van der Waals surface area contributed by atoms with Gasteiger partial charge in [0.25, 0.3) is 0 Å². The summed E-state index contributed by atoms with van der Waals surface area (Å²) in [5.41, 5.74) is 0. The maximum Gasteiger partial charge on any atom is -0.00793 e. The molecular weight excluding hydrogens is 261 g/mol. The third-order valence-corrected chi connectivity index (χ3v) is 1.50. The van der Waals surface area contributed by atoms with E-state index in [2.05, 4.69) is 32.5 Å². The van der Waals surface area contributed by atoms with Crippen LogP contribution in [0.25, 0.3) is 0 Å². The van der Waals surface area contributed by atoms with E-state index in [-0.39, 0.29) is 0 Å². The van der Waals surface area contributed by atoms with Crippen LogP contribution >= 0.6 is 41.3 Å². The first-order valence-corrected chi connectivity index (χ1v) is 11.8. The highest BCUT2D eigenvalue weighted by molar-refractivity contribution is 8.76. The monoisotopic (exact) mass is 291 g/mol. The summed E-state index contributed by atoms with van der Waals surface area (Å²) in [6.07, 6.45) is 8.20. The molecule has 0 aliphatic rings. The lowest BCUT2D eigenvalue weighted by Crippen LogP contribution is -1.99. The van der Waals surface area contributed by atoms with Gasteiger partial charge in [-0.15, -0.1) is 7.92 Å². The lowest BCUT2D eigenvalue weighted by molar-refractivity contribution is 0.505. The van der Waals surface area contributed by atoms with E-state index in [0.29, 0.717) is 7.92 Å². The maximum absolute atomic E-state index is 2.23. The second-order valence-corrected chi connectivity index (χ2v) is 9.59. The lowest BCUT2D eigenvalue weighted by atomic mass is 11.0. The molecule has 0 N–H and O–H groups in total. The molecule has 0 rings (SSSR count). The molecular formula is C10H30NPS3. The van der Waals surface area contributed by atoms with E-state index in [1.165, 1.54) is 0 Å². The van der Waals surface area contributed by atoms with Gasteiger partial charge in [-0.3, -0.25) is 0 Å². The van der Waals surface area contributed by atoms with Gasteiger partial charge in [-0.2, -0.15) is 11.8 Å². The van der Waals surface area contributed by atoms with Crippen LogP contribution < -0.4 is 0 Å². The fraction of sp³-hybridized carbons (Fsp3) is 1.00. The SMILES string of the molecule is CN(C)C.CP(C)C.CSC.CSSC. The molecule has 0 amide bonds. The molecule has 0 aliphatic heterocycles. The zero-order valence-electron chi connectivity index (χ0n) is 12.1. The largest absolute Gasteiger partial charge is 0.312 e. The van der Waals surface area contributed by atoms with Crippen molar-refractivity contribution < 1.29 is 0 Å². The Kier molecular flexibility index (Phi) is 49.9. The Hall–Kier alpha value is 1.44. The maximum atomic E-state index is 2.23. The van der Waals surface area contributed by atoms with Crippen molar-refractivity contribution in [3.05, 3.63) is 0 Å². The molecule has 1 nitrogen and oxygen atoms in total. The smallest absolute Gasteiger partial charge is 0.00793 e. The fourth-order valence-corrected chi connectivity index (χ4v) is 0. The minimum absolute atomic E-state index is 0.380. The molecule has 0 saturated heterocycles. The van der Waals surface area contributed by atoms with Gasteiger partial charge in [0.1, 0.15) is 0 Å². The van der Waals surface area contributed by atoms with E-state index in [9.17, 15) is 0 Å². The zero-order chi connectivity index (χ0) is 13.3. The molecule has 0 fully saturated rings. The van der Waals surface area contributed by atoms with Gasteiger partial charge >= 0.3 is 0 Å². The summed E-state index contributed by atoms with van der Waals surface area (Å²) in [6.45, 7) is 6.69. The molecule has 15 heavy (non-hydrogen) atoms. The summed E-state index contributed by atoms with van der Waals surface area (Å²) in [7, 11) is 9.93. The molecule has 0 spiro atoms. The van der Waals surface area contributed by atoms with Crippen molar-refractivity contribution in [2.24, 2.45) is 0 Å². The van der Waals surface area contributed by atoms with Crippen molar-refractivity contribution in [2.75, 3.05) is 66.2 Å². The molecule has 0 saturated carbocycles. The minimum Gasteiger partial charge on any atom is -0.312 e. The molecule has 0 heterocycles. The third kappa shape index (κ3) is 468. The Bertz CT molecular complexity index is 60.2. The Balaban J connectivity index is -0.0000000542. The highest BCUT2D eigenvalue weighted by Crippen LogP contribution is 2.14. The van der Waals surface area contributed by atoms with E-state index >= 15 is 0 Å². The predicted molar refractivity (Wildman–Crippen MR) is 90.8 cm³/mol. The van der Waals surface area contributed by atoms with E-state index in [1.807, 2.05) is 38.6 Å². The van der Waals surface area contributed by atoms with Crippen LogP contribution in [0.3, 0.4) is 0 Å². The van der Waals surface area contributed by atoms with Crippen LogP contribution in [0.2, 0.25) is 0 Å². The molecule has 0 aromatic heterocycles. The zero-order valence-corrected chi connectivity index (χ0v) is 15.5. The molecule has 0 unspecified atom stereocenters. The minimum atomic E-state index is 0.380. The number of nitrogens with zero attached hydrogens (tertiary/aromatic N) is 1. The summed E-state index contributed by atoms with van der Waals surface area (Å²) in [5.74, 6) is 0. The number of hydrogen-bond acceptors (Lipinski definition) is 4. The van der Waals surface area contributed by atoms with Gasteiger partial charge in [0.05, 0.1) is 0 Å². The quantitative estimate of drug-likeness (QED) is 0.527. The predicted octanol–water partition coefficient (Wildman–Crippen LogP) is 4.14. The fourth-order valence-electron chi connectivity index (χ4n) is 0. The number of thioether (sulfide) groups is 1. The van der Waals surface area contributed by atoms with Crippen LogP contribution in [-0.2, 0) is 0 Å². The molecule has 5 heteroatoms. The van der Waals surface area contributed by atoms with Crippen molar-refractivity contribution in [3.8, 4) is 0 Å². The van der Waals surface area contributed by atoms with Gasteiger partial charge in [-0.1, -0.05) is 21.6 Å². The van der Waals surface area contributed by atoms with E-state index in [1.54, 1.807) is 33.3 Å². The van der Waals surface area contributed by atoms with Crippen LogP contribution in [-0.4, -0.2) is 71.1 Å². The Labute approximate surface area is 112 Å². The van der Waals surface area contributed by atoms with Crippen LogP contribution in [0.4, 0.5) is 0 Å². The summed E-state index contributed by atoms with van der Waals surface area (Å²) < 4.78 is 0. The molecule has 0 atom stereocenters. The van der Waals surface area contributed by atoms with Crippen molar-refractivity contribution in [2.45, 2.75) is 0 Å². The van der Waals surface area contributed by atoms with Gasteiger partial charge in [0.2, 0.25) is 0 Å². The molecule has 0 aromatic rings. The second-order valence-electron chi connectivity index (χ2n) is 3.42. The highest BCUT2D eigenvalue weighted by atomic mass is 33.1. The van der Waals surface area contributed by atoms with Crippen molar-refractivity contribution in [1.82, 2.24) is 4.90 Å². The van der Waals surface area contributed by atoms with Crippen molar-refractivity contribution >= 4 is 41.3 Å². The van der Waals surface area contributed by atoms with Crippen LogP contribution in [0.1, 0.15) is 0 Å². The van der Waals surface area contributed by atoms with Crippen LogP contribution in [0, 0.1) is 0 Å². The number of rotatable bonds is 1. The van der Waals surface area contributed by atoms with Crippen molar-refractivity contribution in [3.63, 3.8) is 0 Å². The molecule has 0 radical (unpaired) electrons. The first-order chi connectivity index (χ1) is 6.79. The molecule has 0 aliphatic carbocycles. The summed E-state index contributed by atoms with van der Waals surface area (Å²) >= 11 is 1.75. The third-order valence-electron chi connectivity index (χ3n) is 0.167. The van der Waals surface area contributed by atoms with Gasteiger partial charge in [-0.25, -0.2) is 0 Å². The number of hydrogen-bond donors (Lipinski definition) is 0. The molecule has 98 valence electrons. The van der Waals surface area contributed by atoms with E-state index in [0.717, 1.165) is 0 Å². The van der Waals surface area contributed by atoms with E-state index < -0.39 is 0 Å². The summed E-state index contributed by atoms with van der Waals surface area (Å²) in [6, 6.07) is 0. The molecule has 0 bridgehead atoms. The summed E-state index contributed by atoms with van der Waals surface area (Å²) in [4.78, 5) is 2.00. The van der Waals surface area contributed by atoms with Crippen LogP contribution in [0.15, 0.2) is 0 Å². The second kappa shape index (κ2) is 29.5. The Morgan fingerprint density at radius 1 is 0.733 bits per heavy atom. The Morgan fingerprint density at radius 2 is 0.800 bits per heavy atom. The average molecular weight is 292 g/mol.